The maximum atomic E-state index is 6.10. The Labute approximate surface area is 121 Å². The van der Waals surface area contributed by atoms with Crippen LogP contribution < -0.4 is 5.32 Å². The largest absolute Gasteiger partial charge is 0.385 e. The number of methoxy groups -OCH3 is 1. The van der Waals surface area contributed by atoms with E-state index < -0.39 is 0 Å². The van der Waals surface area contributed by atoms with Crippen LogP contribution in [-0.4, -0.2) is 30.7 Å². The second kappa shape index (κ2) is 6.66. The van der Waals surface area contributed by atoms with E-state index in [0.717, 1.165) is 29.6 Å². The van der Waals surface area contributed by atoms with Crippen LogP contribution in [0.2, 0.25) is 10.0 Å². The van der Waals surface area contributed by atoms with Crippen LogP contribution in [0.4, 0.5) is 5.69 Å². The molecule has 3 nitrogen and oxygen atoms in total. The zero-order valence-electron chi connectivity index (χ0n) is 9.95. The van der Waals surface area contributed by atoms with Crippen molar-refractivity contribution in [2.45, 2.75) is 12.5 Å². The summed E-state index contributed by atoms with van der Waals surface area (Å²) in [5, 5.41) is 5.26. The summed E-state index contributed by atoms with van der Waals surface area (Å²) in [7, 11) is 1.70. The molecule has 6 heteroatoms. The van der Waals surface area contributed by atoms with Crippen LogP contribution in [0, 0.1) is 0 Å². The maximum Gasteiger partial charge on any atom is 0.161 e. The van der Waals surface area contributed by atoms with Crippen LogP contribution in [-0.2, 0) is 4.74 Å². The minimum absolute atomic E-state index is 0.304. The van der Waals surface area contributed by atoms with Gasteiger partial charge in [0.25, 0.3) is 0 Å². The summed E-state index contributed by atoms with van der Waals surface area (Å²) < 4.78 is 5.05. The molecule has 1 aromatic rings. The Balaban J connectivity index is 2.02. The molecule has 1 heterocycles. The van der Waals surface area contributed by atoms with Gasteiger partial charge in [0, 0.05) is 19.5 Å². The highest BCUT2D eigenvalue weighted by molar-refractivity contribution is 8.14. The smallest absolute Gasteiger partial charge is 0.161 e. The Morgan fingerprint density at radius 1 is 1.44 bits per heavy atom. The molecule has 0 aromatic heterocycles. The number of ether oxygens (including phenoxy) is 1. The molecule has 0 bridgehead atoms. The lowest BCUT2D eigenvalue weighted by Gasteiger charge is -2.08. The first-order chi connectivity index (χ1) is 8.70. The number of amidine groups is 1. The van der Waals surface area contributed by atoms with Crippen molar-refractivity contribution in [3.05, 3.63) is 28.2 Å². The van der Waals surface area contributed by atoms with Crippen LogP contribution in [0.15, 0.2) is 23.2 Å². The topological polar surface area (TPSA) is 33.6 Å². The molecule has 18 heavy (non-hydrogen) atoms. The summed E-state index contributed by atoms with van der Waals surface area (Å²) in [5.74, 6) is 0.966. The molecule has 0 saturated heterocycles. The fraction of sp³-hybridized carbons (Fsp3) is 0.417. The molecule has 0 aliphatic carbocycles. The maximum absolute atomic E-state index is 6.10. The molecular formula is C12H14Cl2N2OS. The van der Waals surface area contributed by atoms with Crippen molar-refractivity contribution in [1.29, 1.82) is 0 Å². The normalized spacial score (nSPS) is 18.8. The SMILES string of the molecule is COCCC1CSC(Nc2c(Cl)cccc2Cl)=N1. The van der Waals surface area contributed by atoms with Gasteiger partial charge in [0.15, 0.2) is 5.17 Å². The van der Waals surface area contributed by atoms with Gasteiger partial charge in [0.2, 0.25) is 0 Å². The zero-order valence-corrected chi connectivity index (χ0v) is 12.3. The highest BCUT2D eigenvalue weighted by Crippen LogP contribution is 2.32. The van der Waals surface area contributed by atoms with Gasteiger partial charge in [-0.25, -0.2) is 0 Å². The lowest BCUT2D eigenvalue weighted by atomic mass is 10.2. The molecule has 0 saturated carbocycles. The third-order valence-electron chi connectivity index (χ3n) is 2.56. The van der Waals surface area contributed by atoms with Crippen molar-refractivity contribution in [1.82, 2.24) is 0 Å². The van der Waals surface area contributed by atoms with Crippen LogP contribution in [0.5, 0.6) is 0 Å². The Morgan fingerprint density at radius 2 is 2.17 bits per heavy atom. The Morgan fingerprint density at radius 3 is 2.83 bits per heavy atom. The minimum atomic E-state index is 0.304. The number of thioether (sulfide) groups is 1. The molecule has 0 radical (unpaired) electrons. The van der Waals surface area contributed by atoms with Gasteiger partial charge in [-0.2, -0.15) is 0 Å². The van der Waals surface area contributed by atoms with E-state index in [4.69, 9.17) is 27.9 Å². The van der Waals surface area contributed by atoms with E-state index in [1.807, 2.05) is 6.07 Å². The van der Waals surface area contributed by atoms with Crippen molar-refractivity contribution in [3.63, 3.8) is 0 Å². The molecular weight excluding hydrogens is 291 g/mol. The molecule has 1 N–H and O–H groups in total. The van der Waals surface area contributed by atoms with Crippen molar-refractivity contribution >= 4 is 45.8 Å². The molecule has 2 rings (SSSR count). The summed E-state index contributed by atoms with van der Waals surface area (Å²) >= 11 is 13.9. The van der Waals surface area contributed by atoms with Gasteiger partial charge >= 0.3 is 0 Å². The van der Waals surface area contributed by atoms with Crippen molar-refractivity contribution < 1.29 is 4.74 Å². The van der Waals surface area contributed by atoms with Crippen molar-refractivity contribution in [3.8, 4) is 0 Å². The van der Waals surface area contributed by atoms with E-state index in [1.165, 1.54) is 0 Å². The number of aliphatic imine (C=N–C) groups is 1. The molecule has 1 unspecified atom stereocenters. The number of rotatable bonds is 4. The van der Waals surface area contributed by atoms with E-state index in [-0.39, 0.29) is 0 Å². The Bertz CT molecular complexity index is 433. The predicted molar refractivity (Wildman–Crippen MR) is 80.3 cm³/mol. The molecule has 1 aliphatic rings. The standard InChI is InChI=1S/C12H14Cl2N2OS/c1-17-6-5-8-7-18-12(15-8)16-11-9(13)3-2-4-10(11)14/h2-4,8H,5-7H2,1H3,(H,15,16). The number of nitrogens with one attached hydrogen (secondary N) is 1. The summed E-state index contributed by atoms with van der Waals surface area (Å²) in [4.78, 5) is 4.57. The van der Waals surface area contributed by atoms with E-state index in [0.29, 0.717) is 16.1 Å². The van der Waals surface area contributed by atoms with Crippen LogP contribution in [0.3, 0.4) is 0 Å². The number of halogens is 2. The van der Waals surface area contributed by atoms with E-state index in [1.54, 1.807) is 31.0 Å². The fourth-order valence-electron chi connectivity index (χ4n) is 1.61. The molecule has 98 valence electrons. The highest BCUT2D eigenvalue weighted by atomic mass is 35.5. The quantitative estimate of drug-likeness (QED) is 0.915. The van der Waals surface area contributed by atoms with Gasteiger partial charge in [0.05, 0.1) is 21.8 Å². The molecule has 1 atom stereocenters. The number of hydrogen-bond donors (Lipinski definition) is 1. The molecule has 0 spiro atoms. The first kappa shape index (κ1) is 14.0. The summed E-state index contributed by atoms with van der Waals surface area (Å²) in [6, 6.07) is 5.73. The van der Waals surface area contributed by atoms with E-state index in [9.17, 15) is 0 Å². The second-order valence-electron chi connectivity index (χ2n) is 3.90. The monoisotopic (exact) mass is 304 g/mol. The molecule has 1 aromatic carbocycles. The third kappa shape index (κ3) is 3.54. The number of benzene rings is 1. The number of anilines is 1. The minimum Gasteiger partial charge on any atom is -0.385 e. The second-order valence-corrected chi connectivity index (χ2v) is 5.73. The van der Waals surface area contributed by atoms with Gasteiger partial charge in [0.1, 0.15) is 0 Å². The first-order valence-corrected chi connectivity index (χ1v) is 7.35. The predicted octanol–water partition coefficient (Wildman–Crippen LogP) is 3.91. The number of para-hydroxylation sites is 1. The Hall–Kier alpha value is -0.420. The molecule has 1 aliphatic heterocycles. The van der Waals surface area contributed by atoms with E-state index >= 15 is 0 Å². The van der Waals surface area contributed by atoms with Gasteiger partial charge in [-0.3, -0.25) is 4.99 Å². The summed E-state index contributed by atoms with van der Waals surface area (Å²) in [6.45, 7) is 0.731. The van der Waals surface area contributed by atoms with Crippen molar-refractivity contribution in [2.24, 2.45) is 4.99 Å². The number of nitrogens with zero attached hydrogens (tertiary/aromatic N) is 1. The lowest BCUT2D eigenvalue weighted by molar-refractivity contribution is 0.190. The van der Waals surface area contributed by atoms with Gasteiger partial charge in [-0.1, -0.05) is 41.0 Å². The van der Waals surface area contributed by atoms with Gasteiger partial charge in [-0.05, 0) is 18.6 Å². The fourth-order valence-corrected chi connectivity index (χ4v) is 3.09. The van der Waals surface area contributed by atoms with E-state index in [2.05, 4.69) is 10.3 Å². The highest BCUT2D eigenvalue weighted by Gasteiger charge is 2.19. The van der Waals surface area contributed by atoms with Crippen LogP contribution in [0.25, 0.3) is 0 Å². The van der Waals surface area contributed by atoms with Crippen LogP contribution >= 0.6 is 35.0 Å². The summed E-state index contributed by atoms with van der Waals surface area (Å²) in [6.07, 6.45) is 0.935. The summed E-state index contributed by atoms with van der Waals surface area (Å²) in [5.41, 5.74) is 0.722. The average molecular weight is 305 g/mol. The first-order valence-electron chi connectivity index (χ1n) is 5.61. The van der Waals surface area contributed by atoms with Gasteiger partial charge in [-0.15, -0.1) is 0 Å². The van der Waals surface area contributed by atoms with Crippen LogP contribution in [0.1, 0.15) is 6.42 Å². The average Bonchev–Trinajstić information content (AvgIpc) is 2.79. The van der Waals surface area contributed by atoms with Crippen molar-refractivity contribution in [2.75, 3.05) is 24.8 Å². The number of hydrogen-bond acceptors (Lipinski definition) is 4. The third-order valence-corrected chi connectivity index (χ3v) is 4.22. The zero-order chi connectivity index (χ0) is 13.0. The molecule has 0 amide bonds. The van der Waals surface area contributed by atoms with Gasteiger partial charge < -0.3 is 10.1 Å². The lowest BCUT2D eigenvalue weighted by Crippen LogP contribution is -2.08. The Kier molecular flexibility index (Phi) is 5.18. The molecule has 0 fully saturated rings.